The van der Waals surface area contributed by atoms with Crippen LogP contribution >= 0.6 is 11.6 Å². The molecule has 19 heavy (non-hydrogen) atoms. The van der Waals surface area contributed by atoms with Gasteiger partial charge in [0.15, 0.2) is 5.76 Å². The van der Waals surface area contributed by atoms with Crippen molar-refractivity contribution in [1.82, 2.24) is 5.16 Å². The second-order valence-corrected chi connectivity index (χ2v) is 4.48. The fraction of sp³-hybridized carbons (Fsp3) is 0.167. The van der Waals surface area contributed by atoms with Crippen molar-refractivity contribution in [2.24, 2.45) is 5.73 Å². The molecule has 0 unspecified atom stereocenters. The molecule has 6 nitrogen and oxygen atoms in total. The fourth-order valence-electron chi connectivity index (χ4n) is 1.68. The van der Waals surface area contributed by atoms with Crippen LogP contribution in [0, 0.1) is 6.92 Å². The normalized spacial score (nSPS) is 10.4. The number of rotatable bonds is 4. The first kappa shape index (κ1) is 13.2. The summed E-state index contributed by atoms with van der Waals surface area (Å²) in [5, 5.41) is 7.09. The first-order valence-corrected chi connectivity index (χ1v) is 5.90. The Morgan fingerprint density at radius 2 is 2.21 bits per heavy atom. The maximum Gasteiger partial charge on any atom is 0.250 e. The molecule has 7 heteroatoms. The van der Waals surface area contributed by atoms with Crippen molar-refractivity contribution in [2.75, 3.05) is 11.1 Å². The fourth-order valence-corrected chi connectivity index (χ4v) is 1.97. The Morgan fingerprint density at radius 3 is 2.79 bits per heavy atom. The maximum absolute atomic E-state index is 11.4. The molecule has 100 valence electrons. The van der Waals surface area contributed by atoms with Crippen LogP contribution in [0.3, 0.4) is 0 Å². The Morgan fingerprint density at radius 1 is 1.47 bits per heavy atom. The summed E-state index contributed by atoms with van der Waals surface area (Å²) in [4.78, 5) is 11.4. The number of carbonyl (C=O) groups excluding carboxylic acids is 1. The third kappa shape index (κ3) is 2.97. The third-order valence-electron chi connectivity index (χ3n) is 2.49. The summed E-state index contributed by atoms with van der Waals surface area (Å²) in [6.45, 7) is 2.16. The molecule has 0 fully saturated rings. The molecular formula is C12H13ClN4O2. The van der Waals surface area contributed by atoms with E-state index in [9.17, 15) is 4.79 Å². The van der Waals surface area contributed by atoms with Gasteiger partial charge in [-0.15, -0.1) is 0 Å². The first-order valence-electron chi connectivity index (χ1n) is 5.52. The van der Waals surface area contributed by atoms with Crippen LogP contribution < -0.4 is 16.8 Å². The molecule has 5 N–H and O–H groups in total. The number of halogens is 1. The van der Waals surface area contributed by atoms with E-state index in [1.807, 2.05) is 6.92 Å². The molecule has 0 radical (unpaired) electrons. The molecule has 2 rings (SSSR count). The topological polar surface area (TPSA) is 107 Å². The number of nitrogen functional groups attached to an aromatic ring is 1. The standard InChI is InChI=1S/C12H13ClN4O2/c1-6-2-8(19-17-6)5-16-11-9(12(15)18)3-7(14)4-10(11)13/h2-4,16H,5,14H2,1H3,(H2,15,18). The smallest absolute Gasteiger partial charge is 0.250 e. The Labute approximate surface area is 114 Å². The SMILES string of the molecule is Cc1cc(CNc2c(Cl)cc(N)cc2C(N)=O)on1. The zero-order chi connectivity index (χ0) is 14.0. The van der Waals surface area contributed by atoms with Gasteiger partial charge in [-0.05, 0) is 19.1 Å². The molecule has 0 aliphatic carbocycles. The highest BCUT2D eigenvalue weighted by molar-refractivity contribution is 6.34. The number of nitrogens with two attached hydrogens (primary N) is 2. The summed E-state index contributed by atoms with van der Waals surface area (Å²) in [6, 6.07) is 4.80. The number of nitrogens with one attached hydrogen (secondary N) is 1. The van der Waals surface area contributed by atoms with Crippen molar-refractivity contribution in [3.63, 3.8) is 0 Å². The minimum absolute atomic E-state index is 0.237. The molecule has 0 saturated carbocycles. The number of carbonyl (C=O) groups is 1. The van der Waals surface area contributed by atoms with Crippen LogP contribution in [0.4, 0.5) is 11.4 Å². The lowest BCUT2D eigenvalue weighted by molar-refractivity contribution is 0.100. The van der Waals surface area contributed by atoms with Crippen LogP contribution in [0.25, 0.3) is 0 Å². The Hall–Kier alpha value is -2.21. The molecular weight excluding hydrogens is 268 g/mol. The average Bonchev–Trinajstić information content (AvgIpc) is 2.73. The molecule has 0 aliphatic heterocycles. The van der Waals surface area contributed by atoms with E-state index in [2.05, 4.69) is 10.5 Å². The Balaban J connectivity index is 2.26. The number of nitrogens with zero attached hydrogens (tertiary/aromatic N) is 1. The van der Waals surface area contributed by atoms with Gasteiger partial charge in [-0.1, -0.05) is 16.8 Å². The summed E-state index contributed by atoms with van der Waals surface area (Å²) in [5.74, 6) is 0.0197. The van der Waals surface area contributed by atoms with Crippen LogP contribution in [-0.4, -0.2) is 11.1 Å². The predicted octanol–water partition coefficient (Wildman–Crippen LogP) is 1.93. The van der Waals surface area contributed by atoms with E-state index in [0.29, 0.717) is 28.7 Å². The first-order chi connectivity index (χ1) is 8.97. The van der Waals surface area contributed by atoms with E-state index < -0.39 is 5.91 Å². The molecule has 0 bridgehead atoms. The molecule has 0 aliphatic rings. The Bertz CT molecular complexity index is 624. The van der Waals surface area contributed by atoms with Gasteiger partial charge in [0.2, 0.25) is 0 Å². The molecule has 1 aromatic heterocycles. The van der Waals surface area contributed by atoms with Crippen molar-refractivity contribution in [1.29, 1.82) is 0 Å². The highest BCUT2D eigenvalue weighted by atomic mass is 35.5. The summed E-state index contributed by atoms with van der Waals surface area (Å²) in [7, 11) is 0. The molecule has 0 saturated heterocycles. The van der Waals surface area contributed by atoms with E-state index in [1.54, 1.807) is 12.1 Å². The van der Waals surface area contributed by atoms with E-state index in [0.717, 1.165) is 5.69 Å². The second kappa shape index (κ2) is 5.19. The van der Waals surface area contributed by atoms with E-state index in [-0.39, 0.29) is 5.56 Å². The zero-order valence-corrected chi connectivity index (χ0v) is 11.0. The summed E-state index contributed by atoms with van der Waals surface area (Å²) in [6.07, 6.45) is 0. The van der Waals surface area contributed by atoms with Crippen molar-refractivity contribution in [3.8, 4) is 0 Å². The van der Waals surface area contributed by atoms with Gasteiger partial charge < -0.3 is 21.3 Å². The van der Waals surface area contributed by atoms with Crippen molar-refractivity contribution in [3.05, 3.63) is 40.2 Å². The number of anilines is 2. The monoisotopic (exact) mass is 280 g/mol. The van der Waals surface area contributed by atoms with Crippen LogP contribution in [0.1, 0.15) is 21.8 Å². The van der Waals surface area contributed by atoms with Crippen molar-refractivity contribution in [2.45, 2.75) is 13.5 Å². The number of amides is 1. The number of aromatic nitrogens is 1. The van der Waals surface area contributed by atoms with Gasteiger partial charge in [-0.25, -0.2) is 0 Å². The maximum atomic E-state index is 11.4. The van der Waals surface area contributed by atoms with Gasteiger partial charge in [0.05, 0.1) is 28.5 Å². The number of hydrogen-bond acceptors (Lipinski definition) is 5. The van der Waals surface area contributed by atoms with Crippen molar-refractivity contribution >= 4 is 28.9 Å². The van der Waals surface area contributed by atoms with Gasteiger partial charge in [-0.2, -0.15) is 0 Å². The quantitative estimate of drug-likeness (QED) is 0.742. The number of primary amides is 1. The minimum atomic E-state index is -0.606. The molecule has 1 amide bonds. The molecule has 0 spiro atoms. The highest BCUT2D eigenvalue weighted by Gasteiger charge is 2.13. The van der Waals surface area contributed by atoms with Gasteiger partial charge in [0.1, 0.15) is 0 Å². The molecule has 2 aromatic rings. The molecule has 1 aromatic carbocycles. The van der Waals surface area contributed by atoms with Crippen molar-refractivity contribution < 1.29 is 9.32 Å². The minimum Gasteiger partial charge on any atom is -0.399 e. The third-order valence-corrected chi connectivity index (χ3v) is 2.79. The predicted molar refractivity (Wildman–Crippen MR) is 72.9 cm³/mol. The summed E-state index contributed by atoms with van der Waals surface area (Å²) >= 11 is 6.05. The zero-order valence-electron chi connectivity index (χ0n) is 10.2. The van der Waals surface area contributed by atoms with Gasteiger partial charge in [0.25, 0.3) is 5.91 Å². The van der Waals surface area contributed by atoms with E-state index in [1.165, 1.54) is 6.07 Å². The summed E-state index contributed by atoms with van der Waals surface area (Å²) < 4.78 is 5.05. The van der Waals surface area contributed by atoms with Gasteiger partial charge >= 0.3 is 0 Å². The molecule has 1 heterocycles. The second-order valence-electron chi connectivity index (χ2n) is 4.08. The largest absolute Gasteiger partial charge is 0.399 e. The van der Waals surface area contributed by atoms with Crippen LogP contribution in [0.2, 0.25) is 5.02 Å². The lowest BCUT2D eigenvalue weighted by Gasteiger charge is -2.11. The number of aryl methyl sites for hydroxylation is 1. The lowest BCUT2D eigenvalue weighted by atomic mass is 10.1. The van der Waals surface area contributed by atoms with E-state index >= 15 is 0 Å². The van der Waals surface area contributed by atoms with Crippen LogP contribution in [0.5, 0.6) is 0 Å². The van der Waals surface area contributed by atoms with Gasteiger partial charge in [0, 0.05) is 11.8 Å². The van der Waals surface area contributed by atoms with Gasteiger partial charge in [-0.3, -0.25) is 4.79 Å². The lowest BCUT2D eigenvalue weighted by Crippen LogP contribution is -2.15. The number of benzene rings is 1. The van der Waals surface area contributed by atoms with E-state index in [4.69, 9.17) is 27.6 Å². The Kier molecular flexibility index (Phi) is 3.62. The van der Waals surface area contributed by atoms with Crippen LogP contribution in [-0.2, 0) is 6.54 Å². The molecule has 0 atom stereocenters. The average molecular weight is 281 g/mol. The summed E-state index contributed by atoms with van der Waals surface area (Å²) in [5.41, 5.74) is 12.7. The highest BCUT2D eigenvalue weighted by Crippen LogP contribution is 2.29. The number of hydrogen-bond donors (Lipinski definition) is 3. The van der Waals surface area contributed by atoms with Crippen LogP contribution in [0.15, 0.2) is 22.7 Å².